The van der Waals surface area contributed by atoms with Crippen molar-refractivity contribution in [2.45, 2.75) is 12.5 Å². The number of fused-ring (bicyclic) bond motifs is 1. The average Bonchev–Trinajstić information content (AvgIpc) is 2.55. The monoisotopic (exact) mass is 205 g/mol. The lowest BCUT2D eigenvalue weighted by Gasteiger charge is -2.04. The minimum atomic E-state index is -1.05. The minimum Gasteiger partial charge on any atom is -0.480 e. The fourth-order valence-electron chi connectivity index (χ4n) is 1.53. The number of carbonyl (C=O) groups is 1. The Morgan fingerprint density at radius 3 is 3.07 bits per heavy atom. The lowest BCUT2D eigenvalue weighted by Crippen LogP contribution is -2.32. The van der Waals surface area contributed by atoms with Gasteiger partial charge in [0.1, 0.15) is 6.04 Å². The van der Waals surface area contributed by atoms with Crippen molar-refractivity contribution in [1.82, 2.24) is 4.98 Å². The predicted octanol–water partition coefficient (Wildman–Crippen LogP) is 1.12. The fourth-order valence-corrected chi connectivity index (χ4v) is 1.53. The van der Waals surface area contributed by atoms with E-state index >= 15 is 0 Å². The number of nitrogens with two attached hydrogens (primary N) is 1. The molecule has 0 aliphatic rings. The zero-order chi connectivity index (χ0) is 11.7. The first-order valence-corrected chi connectivity index (χ1v) is 4.64. The summed E-state index contributed by atoms with van der Waals surface area (Å²) in [6.45, 7) is 0. The number of aromatic amines is 1. The van der Waals surface area contributed by atoms with E-state index in [1.807, 2.05) is 24.3 Å². The second kappa shape index (κ2) is 3.74. The van der Waals surface area contributed by atoms with Crippen molar-refractivity contribution >= 4 is 16.9 Å². The highest BCUT2D eigenvalue weighted by Gasteiger charge is 2.14. The van der Waals surface area contributed by atoms with Crippen LogP contribution in [0.2, 0.25) is 0 Å². The lowest BCUT2D eigenvalue weighted by atomic mass is 10.1. The van der Waals surface area contributed by atoms with E-state index in [0.717, 1.165) is 10.9 Å². The molecule has 0 saturated carbocycles. The number of hydrogen-bond donors (Lipinski definition) is 3. The van der Waals surface area contributed by atoms with E-state index in [9.17, 15) is 4.79 Å². The van der Waals surface area contributed by atoms with Gasteiger partial charge in [-0.1, -0.05) is 18.2 Å². The molecule has 2 aromatic rings. The number of benzene rings is 1. The quantitative estimate of drug-likeness (QED) is 0.702. The SMILES string of the molecule is [2H]c1[nH]c2ccccc2c1C[C@H](N)C(=O)O. The zero-order valence-corrected chi connectivity index (χ0v) is 8.03. The van der Waals surface area contributed by atoms with Crippen molar-refractivity contribution in [3.63, 3.8) is 0 Å². The highest BCUT2D eigenvalue weighted by molar-refractivity contribution is 5.84. The topological polar surface area (TPSA) is 79.1 Å². The van der Waals surface area contributed by atoms with Gasteiger partial charge in [0, 0.05) is 23.5 Å². The predicted molar refractivity (Wildman–Crippen MR) is 57.6 cm³/mol. The zero-order valence-electron chi connectivity index (χ0n) is 9.03. The largest absolute Gasteiger partial charge is 0.480 e. The standard InChI is InChI=1S/C11H12N2O2/c12-9(11(14)15)5-7-6-13-10-4-2-1-3-8(7)10/h1-4,6,9,13H,5,12H2,(H,14,15)/t9-/m0/s1/i6D. The molecule has 1 heterocycles. The molecule has 0 fully saturated rings. The number of nitrogens with one attached hydrogen (secondary N) is 1. The van der Waals surface area contributed by atoms with Crippen LogP contribution in [0.15, 0.2) is 30.4 Å². The van der Waals surface area contributed by atoms with Crippen LogP contribution in [-0.2, 0) is 11.2 Å². The maximum atomic E-state index is 10.7. The summed E-state index contributed by atoms with van der Waals surface area (Å²) in [5.41, 5.74) is 6.96. The highest BCUT2D eigenvalue weighted by Crippen LogP contribution is 2.18. The molecule has 15 heavy (non-hydrogen) atoms. The summed E-state index contributed by atoms with van der Waals surface area (Å²) in [5, 5.41) is 9.61. The van der Waals surface area contributed by atoms with Gasteiger partial charge in [0.25, 0.3) is 0 Å². The van der Waals surface area contributed by atoms with E-state index < -0.39 is 12.0 Å². The van der Waals surface area contributed by atoms with Gasteiger partial charge in [-0.2, -0.15) is 0 Å². The first kappa shape index (κ1) is 8.49. The third-order valence-electron chi connectivity index (χ3n) is 2.34. The van der Waals surface area contributed by atoms with Crippen molar-refractivity contribution in [3.8, 4) is 0 Å². The Morgan fingerprint density at radius 2 is 2.33 bits per heavy atom. The molecule has 78 valence electrons. The number of rotatable bonds is 3. The molecular formula is C11H12N2O2. The van der Waals surface area contributed by atoms with Crippen molar-refractivity contribution < 1.29 is 11.3 Å². The van der Waals surface area contributed by atoms with Crippen LogP contribution >= 0.6 is 0 Å². The van der Waals surface area contributed by atoms with Gasteiger partial charge >= 0.3 is 5.97 Å². The number of aromatic nitrogens is 1. The number of carboxylic acids is 1. The normalized spacial score (nSPS) is 13.8. The van der Waals surface area contributed by atoms with E-state index in [1.54, 1.807) is 0 Å². The molecule has 0 bridgehead atoms. The summed E-state index contributed by atoms with van der Waals surface area (Å²) in [5.74, 6) is -1.05. The Hall–Kier alpha value is -1.81. The van der Waals surface area contributed by atoms with Crippen LogP contribution in [0.25, 0.3) is 10.9 Å². The molecule has 4 N–H and O–H groups in total. The molecule has 0 amide bonds. The van der Waals surface area contributed by atoms with Gasteiger partial charge in [0.2, 0.25) is 0 Å². The second-order valence-corrected chi connectivity index (χ2v) is 3.42. The molecule has 0 saturated heterocycles. The molecule has 0 aliphatic carbocycles. The van der Waals surface area contributed by atoms with Crippen LogP contribution in [0.3, 0.4) is 0 Å². The number of aliphatic carboxylic acids is 1. The third kappa shape index (κ3) is 1.85. The van der Waals surface area contributed by atoms with E-state index in [0.29, 0.717) is 5.56 Å². The Bertz CT molecular complexity index is 536. The molecule has 2 rings (SSSR count). The average molecular weight is 205 g/mol. The first-order valence-electron chi connectivity index (χ1n) is 5.14. The summed E-state index contributed by atoms with van der Waals surface area (Å²) in [4.78, 5) is 13.6. The van der Waals surface area contributed by atoms with Crippen LogP contribution in [0.4, 0.5) is 0 Å². The highest BCUT2D eigenvalue weighted by atomic mass is 16.4. The van der Waals surface area contributed by atoms with E-state index in [4.69, 9.17) is 12.2 Å². The van der Waals surface area contributed by atoms with Crippen LogP contribution in [0.1, 0.15) is 6.93 Å². The molecule has 0 spiro atoms. The Balaban J connectivity index is 2.43. The molecule has 1 aromatic carbocycles. The third-order valence-corrected chi connectivity index (χ3v) is 2.34. The van der Waals surface area contributed by atoms with Crippen molar-refractivity contribution in [3.05, 3.63) is 36.0 Å². The number of para-hydroxylation sites is 1. The smallest absolute Gasteiger partial charge is 0.320 e. The number of hydrogen-bond acceptors (Lipinski definition) is 2. The minimum absolute atomic E-state index is 0.165. The molecular weight excluding hydrogens is 192 g/mol. The van der Waals surface area contributed by atoms with Gasteiger partial charge < -0.3 is 15.8 Å². The summed E-state index contributed by atoms with van der Waals surface area (Å²) in [6.07, 6.45) is 0.399. The molecule has 1 atom stereocenters. The van der Waals surface area contributed by atoms with Crippen LogP contribution in [0, 0.1) is 0 Å². The Morgan fingerprint density at radius 1 is 1.60 bits per heavy atom. The van der Waals surface area contributed by atoms with Crippen molar-refractivity contribution in [1.29, 1.82) is 0 Å². The van der Waals surface area contributed by atoms with Crippen LogP contribution in [-0.4, -0.2) is 22.1 Å². The molecule has 0 aliphatic heterocycles. The van der Waals surface area contributed by atoms with Gasteiger partial charge in [-0.25, -0.2) is 0 Å². The summed E-state index contributed by atoms with van der Waals surface area (Å²) >= 11 is 0. The van der Waals surface area contributed by atoms with E-state index in [1.165, 1.54) is 0 Å². The van der Waals surface area contributed by atoms with Crippen LogP contribution < -0.4 is 5.73 Å². The molecule has 4 nitrogen and oxygen atoms in total. The van der Waals surface area contributed by atoms with Crippen LogP contribution in [0.5, 0.6) is 0 Å². The van der Waals surface area contributed by atoms with E-state index in [-0.39, 0.29) is 12.6 Å². The summed E-state index contributed by atoms with van der Waals surface area (Å²) in [6, 6.07) is 6.45. The first-order chi connectivity index (χ1) is 7.59. The molecule has 4 heteroatoms. The molecule has 1 aromatic heterocycles. The van der Waals surface area contributed by atoms with Gasteiger partial charge in [-0.05, 0) is 11.6 Å². The van der Waals surface area contributed by atoms with Crippen molar-refractivity contribution in [2.24, 2.45) is 5.73 Å². The van der Waals surface area contributed by atoms with Gasteiger partial charge in [0.15, 0.2) is 0 Å². The molecule has 0 radical (unpaired) electrons. The summed E-state index contributed by atoms with van der Waals surface area (Å²) < 4.78 is 7.73. The van der Waals surface area contributed by atoms with Gasteiger partial charge in [-0.3, -0.25) is 4.79 Å². The fraction of sp³-hybridized carbons (Fsp3) is 0.182. The Kier molecular flexibility index (Phi) is 2.12. The number of carboxylic acid groups (broad SMARTS) is 1. The molecule has 0 unspecified atom stereocenters. The van der Waals surface area contributed by atoms with Gasteiger partial charge in [0.05, 0.1) is 1.37 Å². The maximum absolute atomic E-state index is 10.7. The lowest BCUT2D eigenvalue weighted by molar-refractivity contribution is -0.138. The van der Waals surface area contributed by atoms with Gasteiger partial charge in [-0.15, -0.1) is 0 Å². The second-order valence-electron chi connectivity index (χ2n) is 3.42. The van der Waals surface area contributed by atoms with E-state index in [2.05, 4.69) is 4.98 Å². The maximum Gasteiger partial charge on any atom is 0.320 e. The Labute approximate surface area is 88.1 Å². The number of H-pyrrole nitrogens is 1. The van der Waals surface area contributed by atoms with Crippen molar-refractivity contribution in [2.75, 3.05) is 0 Å². The summed E-state index contributed by atoms with van der Waals surface area (Å²) in [7, 11) is 0.